The Morgan fingerprint density at radius 2 is 1.53 bits per heavy atom. The van der Waals surface area contributed by atoms with Gasteiger partial charge in [-0.05, 0) is 25.1 Å². The molecule has 0 saturated heterocycles. The minimum atomic E-state index is -3.64. The molecule has 0 aliphatic rings. The summed E-state index contributed by atoms with van der Waals surface area (Å²) in [7, 11) is 3.57. The summed E-state index contributed by atoms with van der Waals surface area (Å²) < 4.78 is 47.0. The molecule has 10 heteroatoms. The van der Waals surface area contributed by atoms with Crippen molar-refractivity contribution in [2.24, 2.45) is 0 Å². The number of carbonyl (C=O) groups excluding carboxylic acids is 1. The topological polar surface area (TPSA) is 103 Å². The highest BCUT2D eigenvalue weighted by atomic mass is 32.2. The first-order valence-corrected chi connectivity index (χ1v) is 10.6. The molecule has 30 heavy (non-hydrogen) atoms. The summed E-state index contributed by atoms with van der Waals surface area (Å²) in [5.74, 6) is 0.816. The molecular weight excluding hydrogens is 412 g/mol. The number of carbonyl (C=O) groups is 1. The highest BCUT2D eigenvalue weighted by Gasteiger charge is 2.25. The fourth-order valence-electron chi connectivity index (χ4n) is 2.76. The van der Waals surface area contributed by atoms with E-state index < -0.39 is 15.9 Å². The number of amides is 1. The molecule has 2 rings (SSSR count). The molecule has 1 amide bonds. The molecule has 2 aromatic rings. The Morgan fingerprint density at radius 1 is 0.933 bits per heavy atom. The first-order valence-electron chi connectivity index (χ1n) is 8.98. The molecule has 0 radical (unpaired) electrons. The van der Waals surface area contributed by atoms with Crippen LogP contribution in [0.15, 0.2) is 30.3 Å². The van der Waals surface area contributed by atoms with Crippen LogP contribution < -0.4 is 28.6 Å². The zero-order valence-corrected chi connectivity index (χ0v) is 18.6. The summed E-state index contributed by atoms with van der Waals surface area (Å²) in [5, 5.41) is 2.74. The average Bonchev–Trinajstić information content (AvgIpc) is 2.77. The second kappa shape index (κ2) is 9.57. The first kappa shape index (κ1) is 23.1. The van der Waals surface area contributed by atoms with Gasteiger partial charge in [-0.2, -0.15) is 0 Å². The highest BCUT2D eigenvalue weighted by molar-refractivity contribution is 7.92. The molecule has 0 spiro atoms. The number of methoxy groups -OCH3 is 4. The van der Waals surface area contributed by atoms with Gasteiger partial charge in [0, 0.05) is 19.2 Å². The van der Waals surface area contributed by atoms with Gasteiger partial charge in [-0.1, -0.05) is 0 Å². The lowest BCUT2D eigenvalue weighted by Gasteiger charge is -2.23. The maximum Gasteiger partial charge on any atom is 0.258 e. The largest absolute Gasteiger partial charge is 0.497 e. The number of nitrogens with zero attached hydrogens (tertiary/aromatic N) is 1. The number of hydrogen-bond donors (Lipinski definition) is 1. The number of rotatable bonds is 9. The highest BCUT2D eigenvalue weighted by Crippen LogP contribution is 2.37. The first-order chi connectivity index (χ1) is 14.2. The van der Waals surface area contributed by atoms with E-state index in [9.17, 15) is 13.2 Å². The minimum absolute atomic E-state index is 0.0806. The Balaban J connectivity index is 2.60. The number of nitrogens with one attached hydrogen (secondary N) is 1. The van der Waals surface area contributed by atoms with Crippen molar-refractivity contribution in [1.29, 1.82) is 0 Å². The van der Waals surface area contributed by atoms with E-state index in [4.69, 9.17) is 18.9 Å². The van der Waals surface area contributed by atoms with E-state index in [0.29, 0.717) is 22.9 Å². The standard InChI is InChI=1S/C20H26N2O7S/c1-7-30(24,25)22(2)16-12-19(29-6)18(28-5)11-14(16)20(23)21-15-10-13(26-3)8-9-17(15)27-4/h8-12H,7H2,1-6H3,(H,21,23). The van der Waals surface area contributed by atoms with Crippen molar-refractivity contribution in [2.75, 3.05) is 50.9 Å². The predicted octanol–water partition coefficient (Wildman–Crippen LogP) is 2.76. The quantitative estimate of drug-likeness (QED) is 0.642. The van der Waals surface area contributed by atoms with Crippen LogP contribution in [0.1, 0.15) is 17.3 Å². The molecule has 0 unspecified atom stereocenters. The van der Waals surface area contributed by atoms with E-state index in [1.165, 1.54) is 54.5 Å². The van der Waals surface area contributed by atoms with E-state index in [0.717, 1.165) is 4.31 Å². The van der Waals surface area contributed by atoms with E-state index in [1.54, 1.807) is 18.2 Å². The van der Waals surface area contributed by atoms with E-state index in [1.807, 2.05) is 0 Å². The molecule has 0 saturated carbocycles. The average molecular weight is 439 g/mol. The maximum absolute atomic E-state index is 13.2. The lowest BCUT2D eigenvalue weighted by atomic mass is 10.1. The zero-order chi connectivity index (χ0) is 22.5. The number of hydrogen-bond acceptors (Lipinski definition) is 7. The Bertz CT molecular complexity index is 1020. The van der Waals surface area contributed by atoms with Crippen LogP contribution in [0.4, 0.5) is 11.4 Å². The summed E-state index contributed by atoms with van der Waals surface area (Å²) in [6.45, 7) is 1.52. The molecule has 9 nitrogen and oxygen atoms in total. The summed E-state index contributed by atoms with van der Waals surface area (Å²) in [6, 6.07) is 7.82. The third kappa shape index (κ3) is 4.70. The van der Waals surface area contributed by atoms with Crippen molar-refractivity contribution >= 4 is 27.3 Å². The predicted molar refractivity (Wildman–Crippen MR) is 115 cm³/mol. The van der Waals surface area contributed by atoms with Crippen LogP contribution in [-0.2, 0) is 10.0 Å². The zero-order valence-electron chi connectivity index (χ0n) is 17.8. The van der Waals surface area contributed by atoms with E-state index in [2.05, 4.69) is 5.32 Å². The monoisotopic (exact) mass is 438 g/mol. The van der Waals surface area contributed by atoms with Crippen molar-refractivity contribution < 1.29 is 32.2 Å². The molecule has 0 aliphatic carbocycles. The number of benzene rings is 2. The molecule has 0 aromatic heterocycles. The summed E-state index contributed by atoms with van der Waals surface area (Å²) in [5.41, 5.74) is 0.592. The van der Waals surface area contributed by atoms with Gasteiger partial charge in [0.05, 0.1) is 51.1 Å². The smallest absolute Gasteiger partial charge is 0.258 e. The van der Waals surface area contributed by atoms with Crippen molar-refractivity contribution in [2.45, 2.75) is 6.92 Å². The van der Waals surface area contributed by atoms with E-state index >= 15 is 0 Å². The summed E-state index contributed by atoms with van der Waals surface area (Å²) in [4.78, 5) is 13.2. The van der Waals surface area contributed by atoms with Crippen LogP contribution in [0.2, 0.25) is 0 Å². The second-order valence-corrected chi connectivity index (χ2v) is 8.40. The minimum Gasteiger partial charge on any atom is -0.497 e. The van der Waals surface area contributed by atoms with E-state index in [-0.39, 0.29) is 22.8 Å². The van der Waals surface area contributed by atoms with Gasteiger partial charge in [-0.25, -0.2) is 8.42 Å². The summed E-state index contributed by atoms with van der Waals surface area (Å²) in [6.07, 6.45) is 0. The third-order valence-electron chi connectivity index (χ3n) is 4.52. The molecule has 2 aromatic carbocycles. The molecule has 0 heterocycles. The van der Waals surface area contributed by atoms with Gasteiger partial charge in [-0.3, -0.25) is 9.10 Å². The molecule has 1 N–H and O–H groups in total. The van der Waals surface area contributed by atoms with Gasteiger partial charge in [0.2, 0.25) is 10.0 Å². The normalized spacial score (nSPS) is 10.9. The molecule has 164 valence electrons. The van der Waals surface area contributed by atoms with Crippen LogP contribution in [-0.4, -0.2) is 55.6 Å². The fourth-order valence-corrected chi connectivity index (χ4v) is 3.59. The van der Waals surface area contributed by atoms with Crippen molar-refractivity contribution in [3.8, 4) is 23.0 Å². The Hall–Kier alpha value is -3.14. The van der Waals surface area contributed by atoms with Crippen LogP contribution >= 0.6 is 0 Å². The SMILES string of the molecule is CCS(=O)(=O)N(C)c1cc(OC)c(OC)cc1C(=O)Nc1cc(OC)ccc1OC. The second-order valence-electron chi connectivity index (χ2n) is 6.11. The van der Waals surface area contributed by atoms with Crippen molar-refractivity contribution in [3.05, 3.63) is 35.9 Å². The van der Waals surface area contributed by atoms with Crippen LogP contribution in [0.25, 0.3) is 0 Å². The fraction of sp³-hybridized carbons (Fsp3) is 0.350. The number of anilines is 2. The molecular formula is C20H26N2O7S. The van der Waals surface area contributed by atoms with Crippen LogP contribution in [0, 0.1) is 0 Å². The number of sulfonamides is 1. The Morgan fingerprint density at radius 3 is 2.07 bits per heavy atom. The van der Waals surface area contributed by atoms with Crippen molar-refractivity contribution in [3.63, 3.8) is 0 Å². The van der Waals surface area contributed by atoms with Gasteiger partial charge >= 0.3 is 0 Å². The maximum atomic E-state index is 13.2. The van der Waals surface area contributed by atoms with Gasteiger partial charge in [-0.15, -0.1) is 0 Å². The van der Waals surface area contributed by atoms with Crippen LogP contribution in [0.5, 0.6) is 23.0 Å². The van der Waals surface area contributed by atoms with Gasteiger partial charge in [0.25, 0.3) is 5.91 Å². The van der Waals surface area contributed by atoms with Gasteiger partial charge in [0.15, 0.2) is 11.5 Å². The Kier molecular flexibility index (Phi) is 7.38. The molecule has 0 fully saturated rings. The van der Waals surface area contributed by atoms with Crippen LogP contribution in [0.3, 0.4) is 0 Å². The van der Waals surface area contributed by atoms with Gasteiger partial charge in [0.1, 0.15) is 11.5 Å². The summed E-state index contributed by atoms with van der Waals surface area (Å²) >= 11 is 0. The Labute approximate surface area is 176 Å². The third-order valence-corrected chi connectivity index (χ3v) is 6.28. The number of ether oxygens (including phenoxy) is 4. The molecule has 0 aliphatic heterocycles. The van der Waals surface area contributed by atoms with Gasteiger partial charge < -0.3 is 24.3 Å². The molecule has 0 bridgehead atoms. The molecule has 0 atom stereocenters. The van der Waals surface area contributed by atoms with Crippen molar-refractivity contribution in [1.82, 2.24) is 0 Å². The lowest BCUT2D eigenvalue weighted by molar-refractivity contribution is 0.102. The lowest BCUT2D eigenvalue weighted by Crippen LogP contribution is -2.30.